The van der Waals surface area contributed by atoms with E-state index in [0.717, 1.165) is 24.4 Å². The summed E-state index contributed by atoms with van der Waals surface area (Å²) in [7, 11) is 1.51. The molecule has 176 valence electrons. The third-order valence-corrected chi connectivity index (χ3v) is 4.43. The van der Waals surface area contributed by atoms with Gasteiger partial charge in [-0.3, -0.25) is 24.9 Å². The summed E-state index contributed by atoms with van der Waals surface area (Å²) in [5.41, 5.74) is 2.22. The molecular weight excluding hydrogens is 481 g/mol. The van der Waals surface area contributed by atoms with Crippen LogP contribution in [0.3, 0.4) is 0 Å². The molecule has 0 unspecified atom stereocenters. The van der Waals surface area contributed by atoms with E-state index in [1.165, 1.54) is 12.1 Å². The second kappa shape index (κ2) is 9.41. The van der Waals surface area contributed by atoms with Gasteiger partial charge in [0.1, 0.15) is 11.4 Å². The molecule has 1 aliphatic heterocycles. The zero-order chi connectivity index (χ0) is 24.3. The van der Waals surface area contributed by atoms with Crippen molar-refractivity contribution in [1.82, 2.24) is 26.4 Å². The molecule has 0 atom stereocenters. The maximum Gasteiger partial charge on any atom is 0.433 e. The van der Waals surface area contributed by atoms with Crippen LogP contribution in [0, 0.1) is 0 Å². The predicted octanol–water partition coefficient (Wildman–Crippen LogP) is 2.56. The van der Waals surface area contributed by atoms with Crippen molar-refractivity contribution in [2.24, 2.45) is 5.10 Å². The van der Waals surface area contributed by atoms with Gasteiger partial charge in [-0.1, -0.05) is 11.6 Å². The lowest BCUT2D eigenvalue weighted by Crippen LogP contribution is -2.45. The highest BCUT2D eigenvalue weighted by molar-refractivity contribution is 6.37. The van der Waals surface area contributed by atoms with E-state index >= 15 is 0 Å². The quantitative estimate of drug-likeness (QED) is 0.473. The number of nitrogens with zero attached hydrogens (tertiary/aromatic N) is 3. The number of pyridine rings is 1. The first-order chi connectivity index (χ1) is 15.5. The first kappa shape index (κ1) is 23.9. The van der Waals surface area contributed by atoms with Gasteiger partial charge in [-0.15, -0.1) is 10.6 Å². The Hall–Kier alpha value is -3.72. The lowest BCUT2D eigenvalue weighted by atomic mass is 10.1. The van der Waals surface area contributed by atoms with E-state index in [2.05, 4.69) is 36.5 Å². The third-order valence-electron chi connectivity index (χ3n) is 4.04. The number of anilines is 1. The number of halogens is 6. The minimum atomic E-state index is -4.82. The van der Waals surface area contributed by atoms with Crippen molar-refractivity contribution in [3.8, 4) is 5.75 Å². The standard InChI is InChI=1S/C17H13ClF5N7O3/c1-30-16(27-28-29-30)26-14(32)8-2-3-9(33-15(19)20)12(11(8)18)25-13(31)7-4-5-24-10(6-7)17(21,22)23/h2-6,15,28-29H,1H3,(H,25,31)(H,26,27,32). The number of hydrogen-bond donors (Lipinski definition) is 4. The van der Waals surface area contributed by atoms with Crippen LogP contribution >= 0.6 is 11.6 Å². The summed E-state index contributed by atoms with van der Waals surface area (Å²) in [5, 5.41) is 8.99. The normalized spacial score (nSPS) is 13.5. The van der Waals surface area contributed by atoms with E-state index in [0.29, 0.717) is 6.07 Å². The Bertz CT molecular complexity index is 1110. The second-order valence-corrected chi connectivity index (χ2v) is 6.61. The van der Waals surface area contributed by atoms with Gasteiger partial charge < -0.3 is 10.1 Å². The Morgan fingerprint density at radius 2 is 1.91 bits per heavy atom. The van der Waals surface area contributed by atoms with Gasteiger partial charge >= 0.3 is 12.8 Å². The summed E-state index contributed by atoms with van der Waals surface area (Å²) >= 11 is 6.17. The first-order valence-corrected chi connectivity index (χ1v) is 9.10. The number of alkyl halides is 5. The Labute approximate surface area is 186 Å². The zero-order valence-electron chi connectivity index (χ0n) is 16.3. The van der Waals surface area contributed by atoms with Crippen molar-refractivity contribution in [3.05, 3.63) is 52.3 Å². The second-order valence-electron chi connectivity index (χ2n) is 6.23. The van der Waals surface area contributed by atoms with Gasteiger partial charge in [-0.25, -0.2) is 5.53 Å². The van der Waals surface area contributed by atoms with Gasteiger partial charge in [0.15, 0.2) is 5.75 Å². The molecule has 2 amide bonds. The van der Waals surface area contributed by atoms with E-state index in [4.69, 9.17) is 11.6 Å². The molecule has 0 saturated carbocycles. The van der Waals surface area contributed by atoms with Gasteiger partial charge in [0.05, 0.1) is 10.6 Å². The van der Waals surface area contributed by atoms with Crippen molar-refractivity contribution >= 4 is 35.1 Å². The summed E-state index contributed by atoms with van der Waals surface area (Å²) in [6, 6.07) is 3.42. The number of ether oxygens (including phenoxy) is 1. The number of guanidine groups is 1. The number of carbonyl (C=O) groups is 2. The molecule has 16 heteroatoms. The number of hydrazone groups is 1. The molecule has 0 aliphatic carbocycles. The maximum atomic E-state index is 12.9. The highest BCUT2D eigenvalue weighted by Gasteiger charge is 2.33. The number of amides is 2. The van der Waals surface area contributed by atoms with Crippen molar-refractivity contribution in [1.29, 1.82) is 0 Å². The largest absolute Gasteiger partial charge is 0.433 e. The van der Waals surface area contributed by atoms with Crippen molar-refractivity contribution < 1.29 is 36.3 Å². The molecule has 0 fully saturated rings. The average molecular weight is 494 g/mol. The summed E-state index contributed by atoms with van der Waals surface area (Å²) < 4.78 is 68.6. The fourth-order valence-corrected chi connectivity index (χ4v) is 2.81. The number of hydrazine groups is 2. The SMILES string of the molecule is CN1NNN=C1NC(=O)c1ccc(OC(F)F)c(NC(=O)c2ccnc(C(F)(F)F)c2)c1Cl. The monoisotopic (exact) mass is 493 g/mol. The van der Waals surface area contributed by atoms with Gasteiger partial charge in [0.25, 0.3) is 11.8 Å². The molecule has 0 radical (unpaired) electrons. The van der Waals surface area contributed by atoms with Crippen LogP contribution in [0.4, 0.5) is 27.6 Å². The van der Waals surface area contributed by atoms with Gasteiger partial charge in [-0.05, 0) is 24.3 Å². The fraction of sp³-hybridized carbons (Fsp3) is 0.176. The molecule has 2 aromatic rings. The minimum absolute atomic E-state index is 0.0334. The average Bonchev–Trinajstić information content (AvgIpc) is 3.14. The van der Waals surface area contributed by atoms with Crippen LogP contribution in [0.15, 0.2) is 35.6 Å². The lowest BCUT2D eigenvalue weighted by Gasteiger charge is -2.17. The minimum Gasteiger partial charge on any atom is -0.433 e. The summed E-state index contributed by atoms with van der Waals surface area (Å²) in [4.78, 5) is 28.2. The molecule has 10 nitrogen and oxygen atoms in total. The number of benzene rings is 1. The molecule has 0 saturated heterocycles. The van der Waals surface area contributed by atoms with E-state index in [-0.39, 0.29) is 11.5 Å². The molecule has 4 N–H and O–H groups in total. The van der Waals surface area contributed by atoms with Gasteiger partial charge in [-0.2, -0.15) is 22.0 Å². The van der Waals surface area contributed by atoms with Crippen molar-refractivity contribution in [2.45, 2.75) is 12.8 Å². The number of hydrogen-bond acceptors (Lipinski definition) is 8. The van der Waals surface area contributed by atoms with Gasteiger partial charge in [0, 0.05) is 18.8 Å². The van der Waals surface area contributed by atoms with Crippen LogP contribution in [0.25, 0.3) is 0 Å². The van der Waals surface area contributed by atoms with E-state index in [9.17, 15) is 31.5 Å². The molecule has 1 aromatic heterocycles. The van der Waals surface area contributed by atoms with Crippen LogP contribution in [0.5, 0.6) is 5.75 Å². The summed E-state index contributed by atoms with van der Waals surface area (Å²) in [6.45, 7) is -3.33. The highest BCUT2D eigenvalue weighted by Crippen LogP contribution is 2.37. The first-order valence-electron chi connectivity index (χ1n) is 8.72. The lowest BCUT2D eigenvalue weighted by molar-refractivity contribution is -0.141. The molecule has 3 rings (SSSR count). The molecule has 1 aromatic carbocycles. The van der Waals surface area contributed by atoms with E-state index in [1.807, 2.05) is 0 Å². The van der Waals surface area contributed by atoms with Crippen LogP contribution in [0.2, 0.25) is 5.02 Å². The Kier molecular flexibility index (Phi) is 6.83. The van der Waals surface area contributed by atoms with Crippen LogP contribution in [0.1, 0.15) is 26.4 Å². The topological polar surface area (TPSA) is 120 Å². The maximum absolute atomic E-state index is 12.9. The van der Waals surface area contributed by atoms with Crippen molar-refractivity contribution in [2.75, 3.05) is 12.4 Å². The number of carbonyl (C=O) groups excluding carboxylic acids is 2. The number of nitrogens with one attached hydrogen (secondary N) is 4. The Balaban J connectivity index is 1.94. The fourth-order valence-electron chi connectivity index (χ4n) is 2.52. The highest BCUT2D eigenvalue weighted by atomic mass is 35.5. The van der Waals surface area contributed by atoms with E-state index in [1.54, 1.807) is 0 Å². The summed E-state index contributed by atoms with van der Waals surface area (Å²) in [6.07, 6.45) is -4.07. The molecule has 0 bridgehead atoms. The predicted molar refractivity (Wildman–Crippen MR) is 104 cm³/mol. The van der Waals surface area contributed by atoms with Crippen LogP contribution in [-0.2, 0) is 6.18 Å². The zero-order valence-corrected chi connectivity index (χ0v) is 17.1. The molecule has 2 heterocycles. The van der Waals surface area contributed by atoms with Gasteiger partial charge in [0.2, 0.25) is 5.96 Å². The third kappa shape index (κ3) is 5.56. The summed E-state index contributed by atoms with van der Waals surface area (Å²) in [5.74, 6) is -2.57. The molecule has 33 heavy (non-hydrogen) atoms. The number of aromatic nitrogens is 1. The number of rotatable bonds is 5. The molecular formula is C17H13ClF5N7O3. The Morgan fingerprint density at radius 3 is 2.52 bits per heavy atom. The van der Waals surface area contributed by atoms with Crippen LogP contribution < -0.4 is 26.4 Å². The molecule has 0 spiro atoms. The van der Waals surface area contributed by atoms with Crippen LogP contribution in [-0.4, -0.2) is 41.4 Å². The van der Waals surface area contributed by atoms with Crippen molar-refractivity contribution in [3.63, 3.8) is 0 Å². The smallest absolute Gasteiger partial charge is 0.433 e. The Morgan fingerprint density at radius 1 is 1.18 bits per heavy atom. The van der Waals surface area contributed by atoms with E-state index < -0.39 is 52.3 Å². The molecule has 1 aliphatic rings.